The number of anilines is 2. The van der Waals surface area contributed by atoms with Crippen LogP contribution in [0.1, 0.15) is 13.8 Å². The van der Waals surface area contributed by atoms with Crippen molar-refractivity contribution in [3.63, 3.8) is 0 Å². The van der Waals surface area contributed by atoms with Crippen LogP contribution < -0.4 is 10.6 Å². The second kappa shape index (κ2) is 4.53. The number of nitrogens with zero attached hydrogens (tertiary/aromatic N) is 1. The monoisotopic (exact) mass is 240 g/mol. The fourth-order valence-corrected chi connectivity index (χ4v) is 3.50. The Morgan fingerprint density at radius 3 is 2.56 bits per heavy atom. The van der Waals surface area contributed by atoms with E-state index in [1.807, 2.05) is 17.8 Å². The van der Waals surface area contributed by atoms with E-state index in [4.69, 9.17) is 5.73 Å². The third kappa shape index (κ3) is 2.26. The minimum Gasteiger partial charge on any atom is -0.395 e. The molecule has 2 nitrogen and oxygen atoms in total. The van der Waals surface area contributed by atoms with Gasteiger partial charge in [0.2, 0.25) is 0 Å². The highest BCUT2D eigenvalue weighted by atomic mass is 32.2. The summed E-state index contributed by atoms with van der Waals surface area (Å²) in [5.74, 6) is -0.323. The molecule has 1 aliphatic heterocycles. The lowest BCUT2D eigenvalue weighted by molar-refractivity contribution is 0.630. The van der Waals surface area contributed by atoms with Gasteiger partial charge in [0, 0.05) is 23.6 Å². The third-order valence-corrected chi connectivity index (χ3v) is 4.02. The Bertz CT molecular complexity index is 373. The van der Waals surface area contributed by atoms with Crippen molar-refractivity contribution >= 4 is 23.1 Å². The van der Waals surface area contributed by atoms with E-state index >= 15 is 0 Å². The van der Waals surface area contributed by atoms with Gasteiger partial charge >= 0.3 is 0 Å². The average molecular weight is 240 g/mol. The van der Waals surface area contributed by atoms with E-state index in [0.717, 1.165) is 18.8 Å². The molecule has 0 aromatic heterocycles. The van der Waals surface area contributed by atoms with Crippen molar-refractivity contribution in [1.29, 1.82) is 0 Å². The average Bonchev–Trinajstić information content (AvgIpc) is 2.20. The van der Waals surface area contributed by atoms with Crippen LogP contribution in [0.3, 0.4) is 0 Å². The van der Waals surface area contributed by atoms with Gasteiger partial charge in [0.1, 0.15) is 5.82 Å². The molecule has 88 valence electrons. The Morgan fingerprint density at radius 1 is 1.31 bits per heavy atom. The van der Waals surface area contributed by atoms with E-state index in [-0.39, 0.29) is 11.5 Å². The van der Waals surface area contributed by atoms with Crippen molar-refractivity contribution in [2.24, 2.45) is 0 Å². The maximum absolute atomic E-state index is 13.4. The molecule has 4 heteroatoms. The molecule has 2 rings (SSSR count). The summed E-state index contributed by atoms with van der Waals surface area (Å²) in [7, 11) is 0. The Labute approximate surface area is 100 Å². The van der Waals surface area contributed by atoms with Gasteiger partial charge in [-0.3, -0.25) is 0 Å². The molecule has 1 aliphatic rings. The molecule has 2 N–H and O–H groups in total. The van der Waals surface area contributed by atoms with Crippen LogP contribution in [0.25, 0.3) is 0 Å². The molecule has 0 aliphatic carbocycles. The number of nitrogens with two attached hydrogens (primary N) is 1. The zero-order valence-corrected chi connectivity index (χ0v) is 10.4. The zero-order chi connectivity index (χ0) is 11.7. The molecule has 0 radical (unpaired) electrons. The van der Waals surface area contributed by atoms with E-state index < -0.39 is 0 Å². The van der Waals surface area contributed by atoms with Gasteiger partial charge in [-0.05, 0) is 12.1 Å². The molecule has 0 saturated carbocycles. The van der Waals surface area contributed by atoms with Crippen LogP contribution in [0.5, 0.6) is 0 Å². The third-order valence-electron chi connectivity index (χ3n) is 2.79. The summed E-state index contributed by atoms with van der Waals surface area (Å²) in [6.45, 7) is 6.26. The van der Waals surface area contributed by atoms with Gasteiger partial charge in [-0.1, -0.05) is 19.9 Å². The number of nitrogen functional groups attached to an aromatic ring is 1. The first-order valence-electron chi connectivity index (χ1n) is 5.52. The number of benzene rings is 1. The molecule has 0 spiro atoms. The van der Waals surface area contributed by atoms with Crippen LogP contribution in [0.15, 0.2) is 18.2 Å². The van der Waals surface area contributed by atoms with Crippen molar-refractivity contribution in [3.05, 3.63) is 24.0 Å². The number of hydrogen-bond acceptors (Lipinski definition) is 3. The predicted octanol–water partition coefficient (Wildman–Crippen LogP) is 2.74. The van der Waals surface area contributed by atoms with Crippen LogP contribution in [0.2, 0.25) is 0 Å². The Hall–Kier alpha value is -0.900. The molecule has 1 aromatic rings. The van der Waals surface area contributed by atoms with E-state index in [1.54, 1.807) is 6.07 Å². The highest BCUT2D eigenvalue weighted by Crippen LogP contribution is 2.32. The number of halogens is 1. The van der Waals surface area contributed by atoms with Gasteiger partial charge in [-0.15, -0.1) is 0 Å². The van der Waals surface area contributed by atoms with Gasteiger partial charge < -0.3 is 10.6 Å². The highest BCUT2D eigenvalue weighted by Gasteiger charge is 2.24. The molecule has 1 aromatic carbocycles. The Morgan fingerprint density at radius 2 is 1.94 bits per heavy atom. The summed E-state index contributed by atoms with van der Waals surface area (Å²) in [5.41, 5.74) is 6.89. The minimum absolute atomic E-state index is 0.272. The first-order chi connectivity index (χ1) is 7.58. The van der Waals surface area contributed by atoms with Crippen LogP contribution in [-0.2, 0) is 0 Å². The molecule has 1 heterocycles. The van der Waals surface area contributed by atoms with Crippen LogP contribution in [-0.4, -0.2) is 23.6 Å². The number of rotatable bonds is 1. The lowest BCUT2D eigenvalue weighted by Crippen LogP contribution is -2.40. The summed E-state index contributed by atoms with van der Waals surface area (Å²) < 4.78 is 13.4. The smallest absolute Gasteiger partial charge is 0.148 e. The molecule has 16 heavy (non-hydrogen) atoms. The first kappa shape index (κ1) is 11.6. The fraction of sp³-hybridized carbons (Fsp3) is 0.500. The molecule has 2 unspecified atom stereocenters. The normalized spacial score (nSPS) is 25.8. The largest absolute Gasteiger partial charge is 0.395 e. The van der Waals surface area contributed by atoms with Crippen molar-refractivity contribution in [1.82, 2.24) is 0 Å². The van der Waals surface area contributed by atoms with Gasteiger partial charge in [0.15, 0.2) is 0 Å². The number of thioether (sulfide) groups is 1. The fourth-order valence-electron chi connectivity index (χ4n) is 2.18. The number of para-hydroxylation sites is 1. The summed E-state index contributed by atoms with van der Waals surface area (Å²) >= 11 is 1.97. The topological polar surface area (TPSA) is 29.3 Å². The van der Waals surface area contributed by atoms with Gasteiger partial charge in [0.05, 0.1) is 11.4 Å². The Kier molecular flexibility index (Phi) is 3.28. The maximum atomic E-state index is 13.4. The molecule has 0 bridgehead atoms. The summed E-state index contributed by atoms with van der Waals surface area (Å²) in [6, 6.07) is 5.02. The predicted molar refractivity (Wildman–Crippen MR) is 69.5 cm³/mol. The second-order valence-corrected chi connectivity index (χ2v) is 6.22. The van der Waals surface area contributed by atoms with E-state index in [0.29, 0.717) is 10.5 Å². The summed E-state index contributed by atoms with van der Waals surface area (Å²) in [6.07, 6.45) is 0. The van der Waals surface area contributed by atoms with Crippen LogP contribution in [0.4, 0.5) is 15.8 Å². The minimum atomic E-state index is -0.323. The van der Waals surface area contributed by atoms with Crippen molar-refractivity contribution in [3.8, 4) is 0 Å². The van der Waals surface area contributed by atoms with Gasteiger partial charge in [0.25, 0.3) is 0 Å². The standard InChI is InChI=1S/C12H17FN2S/c1-8-6-15(7-9(2)16-8)11-5-3-4-10(13)12(11)14/h3-5,8-9H,6-7,14H2,1-2H3. The molecular formula is C12H17FN2S. The van der Waals surface area contributed by atoms with Gasteiger partial charge in [-0.2, -0.15) is 11.8 Å². The van der Waals surface area contributed by atoms with Crippen molar-refractivity contribution in [2.75, 3.05) is 23.7 Å². The summed E-state index contributed by atoms with van der Waals surface area (Å²) in [4.78, 5) is 2.18. The van der Waals surface area contributed by atoms with Crippen molar-refractivity contribution < 1.29 is 4.39 Å². The highest BCUT2D eigenvalue weighted by molar-refractivity contribution is 8.00. The van der Waals surface area contributed by atoms with Crippen LogP contribution in [0, 0.1) is 5.82 Å². The lowest BCUT2D eigenvalue weighted by Gasteiger charge is -2.36. The molecular weight excluding hydrogens is 223 g/mol. The van der Waals surface area contributed by atoms with E-state index in [9.17, 15) is 4.39 Å². The Balaban J connectivity index is 2.26. The molecule has 1 saturated heterocycles. The number of hydrogen-bond donors (Lipinski definition) is 1. The lowest BCUT2D eigenvalue weighted by atomic mass is 10.2. The van der Waals surface area contributed by atoms with E-state index in [1.165, 1.54) is 6.07 Å². The summed E-state index contributed by atoms with van der Waals surface area (Å²) in [5, 5.41) is 1.12. The molecule has 1 fully saturated rings. The maximum Gasteiger partial charge on any atom is 0.148 e. The van der Waals surface area contributed by atoms with Crippen molar-refractivity contribution in [2.45, 2.75) is 24.3 Å². The van der Waals surface area contributed by atoms with Gasteiger partial charge in [-0.25, -0.2) is 4.39 Å². The molecule has 2 atom stereocenters. The van der Waals surface area contributed by atoms with Crippen LogP contribution >= 0.6 is 11.8 Å². The van der Waals surface area contributed by atoms with E-state index in [2.05, 4.69) is 18.7 Å². The molecule has 0 amide bonds. The zero-order valence-electron chi connectivity index (χ0n) is 9.61. The quantitative estimate of drug-likeness (QED) is 0.765. The SMILES string of the molecule is CC1CN(c2cccc(F)c2N)CC(C)S1. The second-order valence-electron chi connectivity index (χ2n) is 4.33. The first-order valence-corrected chi connectivity index (χ1v) is 6.46.